The minimum absolute atomic E-state index is 0.0803. The van der Waals surface area contributed by atoms with Gasteiger partial charge < -0.3 is 10.6 Å². The van der Waals surface area contributed by atoms with Crippen LogP contribution >= 0.6 is 11.8 Å². The number of hydrogen-bond donors (Lipinski definition) is 2. The van der Waals surface area contributed by atoms with Crippen LogP contribution in [0.3, 0.4) is 0 Å². The van der Waals surface area contributed by atoms with E-state index in [2.05, 4.69) is 10.6 Å². The van der Waals surface area contributed by atoms with Crippen molar-refractivity contribution in [3.05, 3.63) is 131 Å². The van der Waals surface area contributed by atoms with E-state index >= 15 is 0 Å². The molecule has 0 aliphatic heterocycles. The second kappa shape index (κ2) is 12.0. The van der Waals surface area contributed by atoms with Crippen molar-refractivity contribution in [1.82, 2.24) is 0 Å². The molecule has 2 amide bonds. The summed E-state index contributed by atoms with van der Waals surface area (Å²) in [5.41, 5.74) is 5.52. The van der Waals surface area contributed by atoms with Gasteiger partial charge in [-0.1, -0.05) is 72.8 Å². The molecule has 0 aliphatic carbocycles. The Hall–Kier alpha value is -4.09. The lowest BCUT2D eigenvalue weighted by Crippen LogP contribution is -2.19. The highest BCUT2D eigenvalue weighted by Gasteiger charge is 2.22. The lowest BCUT2D eigenvalue weighted by molar-refractivity contribution is -0.116. The first-order valence-corrected chi connectivity index (χ1v) is 12.6. The van der Waals surface area contributed by atoms with Gasteiger partial charge in [-0.3, -0.25) is 9.59 Å². The van der Waals surface area contributed by atoms with Crippen LogP contribution in [0.2, 0.25) is 0 Å². The second-order valence-corrected chi connectivity index (χ2v) is 9.65. The Bertz CT molecular complexity index is 1350. The monoisotopic (exact) mass is 492 g/mol. The average Bonchev–Trinajstić information content (AvgIpc) is 2.90. The highest BCUT2D eigenvalue weighted by molar-refractivity contribution is 8.00. The minimum Gasteiger partial charge on any atom is -0.325 e. The molecule has 0 bridgehead atoms. The van der Waals surface area contributed by atoms with Crippen molar-refractivity contribution in [2.24, 2.45) is 0 Å². The van der Waals surface area contributed by atoms with E-state index in [9.17, 15) is 9.59 Å². The van der Waals surface area contributed by atoms with Crippen LogP contribution in [0.15, 0.2) is 114 Å². The van der Waals surface area contributed by atoms with Crippen LogP contribution in [0.25, 0.3) is 6.08 Å². The lowest BCUT2D eigenvalue weighted by atomic mass is 10.1. The van der Waals surface area contributed by atoms with Crippen molar-refractivity contribution in [1.29, 1.82) is 0 Å². The molecule has 1 atom stereocenters. The Morgan fingerprint density at radius 2 is 1.44 bits per heavy atom. The highest BCUT2D eigenvalue weighted by Crippen LogP contribution is 2.37. The van der Waals surface area contributed by atoms with Crippen LogP contribution in [0.1, 0.15) is 27.5 Å². The zero-order valence-corrected chi connectivity index (χ0v) is 21.1. The van der Waals surface area contributed by atoms with Gasteiger partial charge in [0.2, 0.25) is 11.8 Å². The van der Waals surface area contributed by atoms with E-state index in [1.807, 2.05) is 117 Å². The summed E-state index contributed by atoms with van der Waals surface area (Å²) in [6, 6.07) is 33.0. The van der Waals surface area contributed by atoms with Crippen molar-refractivity contribution < 1.29 is 9.59 Å². The molecular weight excluding hydrogens is 464 g/mol. The van der Waals surface area contributed by atoms with E-state index in [1.54, 1.807) is 6.08 Å². The summed E-state index contributed by atoms with van der Waals surface area (Å²) in [5, 5.41) is 5.56. The molecule has 5 heteroatoms. The third-order valence-corrected chi connectivity index (χ3v) is 6.86. The summed E-state index contributed by atoms with van der Waals surface area (Å²) in [7, 11) is 0. The molecule has 2 N–H and O–H groups in total. The number of thioether (sulfide) groups is 1. The van der Waals surface area contributed by atoms with Crippen LogP contribution in [0.5, 0.6) is 0 Å². The van der Waals surface area contributed by atoms with Gasteiger partial charge in [-0.05, 0) is 72.5 Å². The largest absolute Gasteiger partial charge is 0.325 e. The van der Waals surface area contributed by atoms with Gasteiger partial charge >= 0.3 is 0 Å². The number of rotatable bonds is 8. The maximum Gasteiger partial charge on any atom is 0.248 e. The first-order chi connectivity index (χ1) is 17.5. The summed E-state index contributed by atoms with van der Waals surface area (Å²) in [6.45, 7) is 4.00. The summed E-state index contributed by atoms with van der Waals surface area (Å²) in [6.07, 6.45) is 3.29. The predicted octanol–water partition coefficient (Wildman–Crippen LogP) is 7.43. The fraction of sp³-hybridized carbons (Fsp3) is 0.0968. The van der Waals surface area contributed by atoms with Crippen LogP contribution in [0.4, 0.5) is 11.4 Å². The zero-order valence-electron chi connectivity index (χ0n) is 20.3. The van der Waals surface area contributed by atoms with E-state index in [1.165, 1.54) is 17.8 Å². The summed E-state index contributed by atoms with van der Waals surface area (Å²) >= 11 is 1.48. The Kier molecular flexibility index (Phi) is 8.37. The normalized spacial score (nSPS) is 11.7. The van der Waals surface area contributed by atoms with Crippen LogP contribution in [-0.4, -0.2) is 11.8 Å². The van der Waals surface area contributed by atoms with Gasteiger partial charge in [0, 0.05) is 22.3 Å². The maximum atomic E-state index is 13.4. The van der Waals surface area contributed by atoms with Crippen LogP contribution < -0.4 is 10.6 Å². The number of benzene rings is 4. The second-order valence-electron chi connectivity index (χ2n) is 8.47. The predicted molar refractivity (Wildman–Crippen MR) is 150 cm³/mol. The van der Waals surface area contributed by atoms with E-state index in [-0.39, 0.29) is 11.8 Å². The SMILES string of the molecule is Cc1ccc(C)c(NC(=O)C(Sc2ccc(NC(=O)/C=C/c3ccccc3)cc2)c2ccccc2)c1. The molecule has 0 aromatic heterocycles. The standard InChI is InChI=1S/C31H28N2O2S/c1-22-13-14-23(2)28(21-22)33-31(35)30(25-11-7-4-8-12-25)36-27-18-16-26(17-19-27)32-29(34)20-15-24-9-5-3-6-10-24/h3-21,30H,1-2H3,(H,32,34)(H,33,35)/b20-15+. The van der Waals surface area contributed by atoms with Gasteiger partial charge in [-0.2, -0.15) is 0 Å². The van der Waals surface area contributed by atoms with Gasteiger partial charge in [0.15, 0.2) is 0 Å². The number of nitrogens with one attached hydrogen (secondary N) is 2. The van der Waals surface area contributed by atoms with Crippen molar-refractivity contribution >= 4 is 41.0 Å². The molecule has 0 saturated carbocycles. The maximum absolute atomic E-state index is 13.4. The van der Waals surface area contributed by atoms with Crippen LogP contribution in [-0.2, 0) is 9.59 Å². The average molecular weight is 493 g/mol. The molecule has 4 aromatic rings. The first kappa shape index (κ1) is 25.0. The Balaban J connectivity index is 1.45. The third-order valence-electron chi connectivity index (χ3n) is 5.59. The molecule has 4 rings (SSSR count). The van der Waals surface area contributed by atoms with E-state index < -0.39 is 5.25 Å². The summed E-state index contributed by atoms with van der Waals surface area (Å²) in [5.74, 6) is -0.280. The molecule has 36 heavy (non-hydrogen) atoms. The molecule has 4 aromatic carbocycles. The van der Waals surface area contributed by atoms with Gasteiger partial charge in [0.05, 0.1) is 0 Å². The van der Waals surface area contributed by atoms with Crippen molar-refractivity contribution in [2.45, 2.75) is 24.0 Å². The third kappa shape index (κ3) is 6.96. The molecular formula is C31H28N2O2S. The first-order valence-electron chi connectivity index (χ1n) is 11.7. The van der Waals surface area contributed by atoms with Crippen LogP contribution in [0, 0.1) is 13.8 Å². The minimum atomic E-state index is -0.430. The van der Waals surface area contributed by atoms with E-state index in [0.717, 1.165) is 32.8 Å². The van der Waals surface area contributed by atoms with E-state index in [4.69, 9.17) is 0 Å². The van der Waals surface area contributed by atoms with Gasteiger partial charge in [-0.25, -0.2) is 0 Å². The van der Waals surface area contributed by atoms with Crippen molar-refractivity contribution in [2.75, 3.05) is 10.6 Å². The van der Waals surface area contributed by atoms with Gasteiger partial charge in [-0.15, -0.1) is 11.8 Å². The Morgan fingerprint density at radius 3 is 2.14 bits per heavy atom. The molecule has 0 heterocycles. The number of carbonyl (C=O) groups excluding carboxylic acids is 2. The zero-order chi connectivity index (χ0) is 25.3. The quantitative estimate of drug-likeness (QED) is 0.199. The number of hydrogen-bond acceptors (Lipinski definition) is 3. The Labute approximate surface area is 216 Å². The number of amides is 2. The smallest absolute Gasteiger partial charge is 0.248 e. The summed E-state index contributed by atoms with van der Waals surface area (Å²) < 4.78 is 0. The van der Waals surface area contributed by atoms with Crippen molar-refractivity contribution in [3.8, 4) is 0 Å². The molecule has 4 nitrogen and oxygen atoms in total. The fourth-order valence-corrected chi connectivity index (χ4v) is 4.67. The molecule has 1 unspecified atom stereocenters. The lowest BCUT2D eigenvalue weighted by Gasteiger charge is -2.18. The molecule has 0 spiro atoms. The number of carbonyl (C=O) groups is 2. The summed E-state index contributed by atoms with van der Waals surface area (Å²) in [4.78, 5) is 26.6. The van der Waals surface area contributed by atoms with Crippen molar-refractivity contribution in [3.63, 3.8) is 0 Å². The fourth-order valence-electron chi connectivity index (χ4n) is 3.64. The number of aryl methyl sites for hydroxylation is 2. The molecule has 0 radical (unpaired) electrons. The molecule has 180 valence electrons. The molecule has 0 fully saturated rings. The highest BCUT2D eigenvalue weighted by atomic mass is 32.2. The van der Waals surface area contributed by atoms with Gasteiger partial charge in [0.1, 0.15) is 5.25 Å². The Morgan fingerprint density at radius 1 is 0.778 bits per heavy atom. The van der Waals surface area contributed by atoms with E-state index in [0.29, 0.717) is 5.69 Å². The molecule has 0 saturated heterocycles. The topological polar surface area (TPSA) is 58.2 Å². The van der Waals surface area contributed by atoms with Gasteiger partial charge in [0.25, 0.3) is 0 Å². The molecule has 0 aliphatic rings. The number of anilines is 2.